The monoisotopic (exact) mass is 228 g/mol. The molecule has 1 aromatic carbocycles. The van der Waals surface area contributed by atoms with Crippen LogP contribution in [-0.4, -0.2) is 14.3 Å². The maximum absolute atomic E-state index is 5.81. The fraction of sp³-hybridized carbons (Fsp3) is 0.0833. The first-order valence-electron chi connectivity index (χ1n) is 5.32. The first-order valence-corrected chi connectivity index (χ1v) is 5.32. The van der Waals surface area contributed by atoms with Crippen LogP contribution in [-0.2, 0) is 6.61 Å². The van der Waals surface area contributed by atoms with E-state index in [1.807, 2.05) is 30.3 Å². The predicted octanol–water partition coefficient (Wildman–Crippen LogP) is 1.35. The quantitative estimate of drug-likeness (QED) is 0.736. The minimum absolute atomic E-state index is 0.496. The van der Waals surface area contributed by atoms with E-state index in [-0.39, 0.29) is 0 Å². The topological polar surface area (TPSA) is 57.5 Å². The molecule has 2 N–H and O–H groups in total. The normalized spacial score (nSPS) is 10.8. The molecule has 0 saturated heterocycles. The summed E-state index contributed by atoms with van der Waals surface area (Å²) in [4.78, 5) is 5.66. The van der Waals surface area contributed by atoms with E-state index < -0.39 is 0 Å². The fourth-order valence-electron chi connectivity index (χ4n) is 1.72. The zero-order chi connectivity index (χ0) is 11.7. The van der Waals surface area contributed by atoms with Gasteiger partial charge in [0.2, 0.25) is 0 Å². The van der Waals surface area contributed by atoms with Crippen LogP contribution in [0, 0.1) is 0 Å². The molecule has 5 heteroatoms. The van der Waals surface area contributed by atoms with Gasteiger partial charge in [-0.05, 0) is 5.56 Å². The number of nitrogen functional groups attached to an aromatic ring is 1. The van der Waals surface area contributed by atoms with Gasteiger partial charge in [0.05, 0.1) is 24.3 Å². The van der Waals surface area contributed by atoms with Gasteiger partial charge in [-0.15, -0.1) is 0 Å². The second-order valence-corrected chi connectivity index (χ2v) is 3.75. The summed E-state index contributed by atoms with van der Waals surface area (Å²) in [5.41, 5.74) is 8.27. The van der Waals surface area contributed by atoms with Gasteiger partial charge in [0.25, 0.3) is 0 Å². The van der Waals surface area contributed by atoms with E-state index in [0.29, 0.717) is 12.3 Å². The number of rotatable bonds is 3. The average molecular weight is 228 g/mol. The van der Waals surface area contributed by atoms with Gasteiger partial charge in [-0.3, -0.25) is 0 Å². The number of hydrogen-bond donors (Lipinski definition) is 1. The molecule has 3 rings (SSSR count). The molecule has 3 aromatic rings. The number of anilines is 1. The number of benzene rings is 1. The molecule has 0 aliphatic carbocycles. The lowest BCUT2D eigenvalue weighted by atomic mass is 10.2. The Bertz CT molecular complexity index is 626. The van der Waals surface area contributed by atoms with Crippen molar-refractivity contribution in [3.05, 3.63) is 54.5 Å². The van der Waals surface area contributed by atoms with E-state index in [9.17, 15) is 0 Å². The lowest BCUT2D eigenvalue weighted by Crippen LogP contribution is -2.10. The van der Waals surface area contributed by atoms with Gasteiger partial charge < -0.3 is 10.6 Å². The second-order valence-electron chi connectivity index (χ2n) is 3.75. The highest BCUT2D eigenvalue weighted by Crippen LogP contribution is 2.12. The zero-order valence-corrected chi connectivity index (χ0v) is 9.15. The fourth-order valence-corrected chi connectivity index (χ4v) is 1.72. The van der Waals surface area contributed by atoms with Gasteiger partial charge in [0, 0.05) is 0 Å². The molecule has 0 saturated carbocycles. The summed E-state index contributed by atoms with van der Waals surface area (Å²) in [6, 6.07) is 9.97. The number of imidazole rings is 1. The summed E-state index contributed by atoms with van der Waals surface area (Å²) in [7, 11) is 0. The van der Waals surface area contributed by atoms with E-state index in [1.54, 1.807) is 27.8 Å². The van der Waals surface area contributed by atoms with Crippen LogP contribution < -0.4 is 10.6 Å². The van der Waals surface area contributed by atoms with Crippen molar-refractivity contribution >= 4 is 11.3 Å². The lowest BCUT2D eigenvalue weighted by molar-refractivity contribution is 0.107. The zero-order valence-electron chi connectivity index (χ0n) is 9.15. The summed E-state index contributed by atoms with van der Waals surface area (Å²) in [6.07, 6.45) is 5.20. The Kier molecular flexibility index (Phi) is 2.22. The van der Waals surface area contributed by atoms with Gasteiger partial charge in [-0.1, -0.05) is 30.3 Å². The van der Waals surface area contributed by atoms with Crippen LogP contribution in [0.15, 0.2) is 48.9 Å². The van der Waals surface area contributed by atoms with E-state index in [2.05, 4.69) is 5.10 Å². The molecule has 0 atom stereocenters. The first-order chi connectivity index (χ1) is 8.34. The molecule has 0 amide bonds. The van der Waals surface area contributed by atoms with E-state index in [1.165, 1.54) is 0 Å². The first kappa shape index (κ1) is 9.77. The number of nitrogens with zero attached hydrogens (tertiary/aromatic N) is 3. The Morgan fingerprint density at radius 2 is 2.00 bits per heavy atom. The van der Waals surface area contributed by atoms with Gasteiger partial charge in [0.1, 0.15) is 6.61 Å². The Hall–Kier alpha value is -2.43. The molecule has 0 radical (unpaired) electrons. The van der Waals surface area contributed by atoms with E-state index in [0.717, 1.165) is 11.2 Å². The Morgan fingerprint density at radius 3 is 2.82 bits per heavy atom. The van der Waals surface area contributed by atoms with Gasteiger partial charge in [-0.2, -0.15) is 9.83 Å². The number of fused-ring (bicyclic) bond motifs is 1. The van der Waals surface area contributed by atoms with Crippen molar-refractivity contribution in [3.8, 4) is 0 Å². The average Bonchev–Trinajstić information content (AvgIpc) is 2.92. The molecule has 86 valence electrons. The van der Waals surface area contributed by atoms with Crippen LogP contribution in [0.2, 0.25) is 0 Å². The summed E-state index contributed by atoms with van der Waals surface area (Å²) in [5.74, 6) is 0. The third-order valence-corrected chi connectivity index (χ3v) is 2.56. The Morgan fingerprint density at radius 1 is 1.18 bits per heavy atom. The number of aromatic nitrogens is 3. The lowest BCUT2D eigenvalue weighted by Gasteiger charge is -2.06. The molecule has 2 aromatic heterocycles. The SMILES string of the molecule is Nc1cnn2ccn(OCc3ccccc3)c12. The molecule has 17 heavy (non-hydrogen) atoms. The molecular weight excluding hydrogens is 216 g/mol. The molecule has 0 unspecified atom stereocenters. The smallest absolute Gasteiger partial charge is 0.194 e. The van der Waals surface area contributed by atoms with Crippen LogP contribution in [0.3, 0.4) is 0 Å². The van der Waals surface area contributed by atoms with Crippen LogP contribution in [0.4, 0.5) is 5.69 Å². The maximum Gasteiger partial charge on any atom is 0.194 e. The molecule has 0 aliphatic rings. The van der Waals surface area contributed by atoms with Gasteiger partial charge in [-0.25, -0.2) is 4.52 Å². The van der Waals surface area contributed by atoms with Crippen LogP contribution in [0.25, 0.3) is 5.65 Å². The van der Waals surface area contributed by atoms with Crippen molar-refractivity contribution in [2.24, 2.45) is 0 Å². The molecule has 5 nitrogen and oxygen atoms in total. The van der Waals surface area contributed by atoms with Crippen molar-refractivity contribution in [3.63, 3.8) is 0 Å². The highest BCUT2D eigenvalue weighted by Gasteiger charge is 2.06. The highest BCUT2D eigenvalue weighted by molar-refractivity contribution is 5.63. The molecular formula is C12H12N4O. The molecule has 0 fully saturated rings. The third kappa shape index (κ3) is 1.71. The van der Waals surface area contributed by atoms with Crippen molar-refractivity contribution in [1.29, 1.82) is 0 Å². The minimum Gasteiger partial charge on any atom is -0.407 e. The van der Waals surface area contributed by atoms with Crippen molar-refractivity contribution < 1.29 is 4.84 Å². The standard InChI is InChI=1S/C12H12N4O/c13-11-8-14-15-6-7-16(12(11)15)17-9-10-4-2-1-3-5-10/h1-8H,9,13H2. The molecule has 2 heterocycles. The Labute approximate surface area is 98.0 Å². The third-order valence-electron chi connectivity index (χ3n) is 2.56. The van der Waals surface area contributed by atoms with Crippen LogP contribution in [0.5, 0.6) is 0 Å². The Balaban J connectivity index is 1.83. The summed E-state index contributed by atoms with van der Waals surface area (Å²) in [6.45, 7) is 0.496. The van der Waals surface area contributed by atoms with E-state index in [4.69, 9.17) is 10.6 Å². The minimum atomic E-state index is 0.496. The summed E-state index contributed by atoms with van der Waals surface area (Å²) < 4.78 is 3.32. The van der Waals surface area contributed by atoms with E-state index >= 15 is 0 Å². The summed E-state index contributed by atoms with van der Waals surface area (Å²) in [5, 5.41) is 4.08. The molecule has 0 aliphatic heterocycles. The second kappa shape index (κ2) is 3.86. The summed E-state index contributed by atoms with van der Waals surface area (Å²) >= 11 is 0. The number of nitrogens with two attached hydrogens (primary N) is 1. The number of hydrogen-bond acceptors (Lipinski definition) is 3. The van der Waals surface area contributed by atoms with Gasteiger partial charge >= 0.3 is 0 Å². The molecule has 0 spiro atoms. The maximum atomic E-state index is 5.81. The van der Waals surface area contributed by atoms with Crippen molar-refractivity contribution in [1.82, 2.24) is 14.3 Å². The van der Waals surface area contributed by atoms with Crippen LogP contribution >= 0.6 is 0 Å². The molecule has 0 bridgehead atoms. The van der Waals surface area contributed by atoms with Crippen molar-refractivity contribution in [2.45, 2.75) is 6.61 Å². The largest absolute Gasteiger partial charge is 0.407 e. The van der Waals surface area contributed by atoms with Crippen molar-refractivity contribution in [2.75, 3.05) is 5.73 Å². The van der Waals surface area contributed by atoms with Gasteiger partial charge in [0.15, 0.2) is 5.65 Å². The highest BCUT2D eigenvalue weighted by atomic mass is 16.7. The van der Waals surface area contributed by atoms with Crippen LogP contribution in [0.1, 0.15) is 5.56 Å². The predicted molar refractivity (Wildman–Crippen MR) is 64.3 cm³/mol.